The molecule has 0 aliphatic carbocycles. The van der Waals surface area contributed by atoms with E-state index in [-0.39, 0.29) is 23.4 Å². The molecule has 0 fully saturated rings. The summed E-state index contributed by atoms with van der Waals surface area (Å²) in [6.45, 7) is 0.0151. The van der Waals surface area contributed by atoms with Gasteiger partial charge in [0, 0.05) is 5.56 Å². The van der Waals surface area contributed by atoms with Crippen LogP contribution in [0.5, 0.6) is 0 Å². The Bertz CT molecular complexity index is 997. The zero-order valence-corrected chi connectivity index (χ0v) is 14.6. The fourth-order valence-electron chi connectivity index (χ4n) is 2.11. The molecule has 2 aromatic carbocycles. The lowest BCUT2D eigenvalue weighted by Crippen LogP contribution is -2.25. The number of hydrogen-bond acceptors (Lipinski definition) is 4. The number of carbonyl (C=O) groups is 2. The highest BCUT2D eigenvalue weighted by Gasteiger charge is 2.26. The Morgan fingerprint density at radius 1 is 1.04 bits per heavy atom. The lowest BCUT2D eigenvalue weighted by atomic mass is 10.1. The van der Waals surface area contributed by atoms with E-state index in [2.05, 4.69) is 16.6 Å². The number of benzene rings is 2. The lowest BCUT2D eigenvalue weighted by Gasteiger charge is -2.11. The average molecular weight is 392 g/mol. The van der Waals surface area contributed by atoms with Crippen LogP contribution in [-0.2, 0) is 9.84 Å². The average Bonchev–Trinajstić information content (AvgIpc) is 2.66. The van der Waals surface area contributed by atoms with E-state index in [0.717, 1.165) is 24.3 Å². The molecule has 0 unspecified atom stereocenters. The van der Waals surface area contributed by atoms with E-state index in [0.29, 0.717) is 0 Å². The quantitative estimate of drug-likeness (QED) is 0.738. The first-order valence-corrected chi connectivity index (χ1v) is 9.06. The predicted octanol–water partition coefficient (Wildman–Crippen LogP) is 2.30. The topological polar surface area (TPSA) is 92.3 Å². The van der Waals surface area contributed by atoms with Crippen LogP contribution in [0.3, 0.4) is 0 Å². The Labute approximate surface area is 154 Å². The van der Waals surface area contributed by atoms with Gasteiger partial charge in [0.1, 0.15) is 0 Å². The van der Waals surface area contributed by atoms with E-state index in [1.165, 1.54) is 12.1 Å². The van der Waals surface area contributed by atoms with Gasteiger partial charge in [-0.1, -0.05) is 18.1 Å². The summed E-state index contributed by atoms with van der Waals surface area (Å²) >= 11 is 0. The second-order valence-corrected chi connectivity index (χ2v) is 7.13. The third kappa shape index (κ3) is 4.68. The van der Waals surface area contributed by atoms with E-state index < -0.39 is 32.3 Å². The van der Waals surface area contributed by atoms with E-state index in [9.17, 15) is 26.8 Å². The van der Waals surface area contributed by atoms with Gasteiger partial charge in [-0.05, 0) is 36.4 Å². The summed E-state index contributed by atoms with van der Waals surface area (Å²) < 4.78 is 47.9. The molecule has 0 aromatic heterocycles. The number of terminal acetylenes is 1. The molecule has 2 amide bonds. The van der Waals surface area contributed by atoms with Crippen LogP contribution in [0.15, 0.2) is 53.4 Å². The molecule has 2 N–H and O–H groups in total. The molecule has 0 aliphatic heterocycles. The van der Waals surface area contributed by atoms with Gasteiger partial charge in [-0.15, -0.1) is 6.42 Å². The number of carbonyl (C=O) groups excluding carboxylic acids is 2. The van der Waals surface area contributed by atoms with E-state index >= 15 is 0 Å². The number of halogens is 2. The van der Waals surface area contributed by atoms with Crippen molar-refractivity contribution in [2.45, 2.75) is 10.7 Å². The van der Waals surface area contributed by atoms with Crippen LogP contribution in [0, 0.1) is 12.3 Å². The standard InChI is InChI=1S/C18H14F2N2O4S/c1-2-11-21-17(24)14-5-3-4-6-15(14)22-16(23)12-7-9-13(10-8-12)27(25,26)18(19)20/h1,3-10,18H,11H2,(H,21,24)(H,22,23). The molecule has 0 saturated heterocycles. The van der Waals surface area contributed by atoms with E-state index in [1.807, 2.05) is 0 Å². The van der Waals surface area contributed by atoms with E-state index in [1.54, 1.807) is 12.1 Å². The summed E-state index contributed by atoms with van der Waals surface area (Å²) in [6.07, 6.45) is 5.09. The van der Waals surface area contributed by atoms with Gasteiger partial charge < -0.3 is 10.6 Å². The molecular formula is C18H14F2N2O4S. The molecule has 0 heterocycles. The number of amides is 2. The number of para-hydroxylation sites is 1. The van der Waals surface area contributed by atoms with Crippen molar-refractivity contribution in [2.24, 2.45) is 0 Å². The van der Waals surface area contributed by atoms with Gasteiger partial charge in [-0.25, -0.2) is 8.42 Å². The molecule has 0 bridgehead atoms. The van der Waals surface area contributed by atoms with Gasteiger partial charge in [-0.2, -0.15) is 8.78 Å². The first-order valence-electron chi connectivity index (χ1n) is 7.51. The maximum atomic E-state index is 12.5. The van der Waals surface area contributed by atoms with Crippen molar-refractivity contribution in [3.8, 4) is 12.3 Å². The summed E-state index contributed by atoms with van der Waals surface area (Å²) in [5.74, 6) is -2.42. The number of anilines is 1. The van der Waals surface area contributed by atoms with Crippen LogP contribution < -0.4 is 10.6 Å². The van der Waals surface area contributed by atoms with Crippen molar-refractivity contribution in [2.75, 3.05) is 11.9 Å². The Morgan fingerprint density at radius 3 is 2.26 bits per heavy atom. The molecule has 0 saturated carbocycles. The van der Waals surface area contributed by atoms with Crippen LogP contribution in [-0.4, -0.2) is 32.5 Å². The minimum atomic E-state index is -4.74. The summed E-state index contributed by atoms with van der Waals surface area (Å²) in [6, 6.07) is 10.2. The smallest absolute Gasteiger partial charge is 0.341 e. The maximum absolute atomic E-state index is 12.5. The molecule has 0 radical (unpaired) electrons. The highest BCUT2D eigenvalue weighted by molar-refractivity contribution is 7.91. The van der Waals surface area contributed by atoms with Gasteiger partial charge in [0.05, 0.1) is 22.7 Å². The maximum Gasteiger partial charge on any atom is 0.341 e. The molecule has 0 atom stereocenters. The lowest BCUT2D eigenvalue weighted by molar-refractivity contribution is 0.0959. The second-order valence-electron chi connectivity index (χ2n) is 5.22. The Morgan fingerprint density at radius 2 is 1.67 bits per heavy atom. The van der Waals surface area contributed by atoms with Gasteiger partial charge in [0.25, 0.3) is 11.8 Å². The second kappa shape index (κ2) is 8.42. The Kier molecular flexibility index (Phi) is 6.26. The molecule has 2 aromatic rings. The Balaban J connectivity index is 2.21. The Hall–Kier alpha value is -3.25. The fourth-order valence-corrected chi connectivity index (χ4v) is 2.83. The summed E-state index contributed by atoms with van der Waals surface area (Å²) in [4.78, 5) is 23.8. The molecular weight excluding hydrogens is 378 g/mol. The third-order valence-electron chi connectivity index (χ3n) is 3.45. The molecule has 140 valence electrons. The van der Waals surface area contributed by atoms with Gasteiger partial charge in [0.15, 0.2) is 0 Å². The highest BCUT2D eigenvalue weighted by atomic mass is 32.2. The monoisotopic (exact) mass is 392 g/mol. The first kappa shape index (κ1) is 20.1. The molecule has 0 spiro atoms. The number of sulfone groups is 1. The SMILES string of the molecule is C#CCNC(=O)c1ccccc1NC(=O)c1ccc(S(=O)(=O)C(F)F)cc1. The van der Waals surface area contributed by atoms with Crippen LogP contribution in [0.25, 0.3) is 0 Å². The number of hydrogen-bond donors (Lipinski definition) is 2. The van der Waals surface area contributed by atoms with Crippen LogP contribution in [0.2, 0.25) is 0 Å². The first-order chi connectivity index (χ1) is 12.8. The van der Waals surface area contributed by atoms with Crippen molar-refractivity contribution in [1.82, 2.24) is 5.32 Å². The van der Waals surface area contributed by atoms with Crippen molar-refractivity contribution in [1.29, 1.82) is 0 Å². The zero-order chi connectivity index (χ0) is 20.0. The fraction of sp³-hybridized carbons (Fsp3) is 0.111. The summed E-state index contributed by atoms with van der Waals surface area (Å²) in [5, 5.41) is 4.99. The van der Waals surface area contributed by atoms with Gasteiger partial charge in [-0.3, -0.25) is 9.59 Å². The summed E-state index contributed by atoms with van der Waals surface area (Å²) in [5.41, 5.74) is 0.418. The zero-order valence-electron chi connectivity index (χ0n) is 13.8. The van der Waals surface area contributed by atoms with Gasteiger partial charge >= 0.3 is 5.76 Å². The minimum absolute atomic E-state index is 0.0151. The number of rotatable bonds is 6. The minimum Gasteiger partial charge on any atom is -0.341 e. The van der Waals surface area contributed by atoms with Crippen LogP contribution in [0.4, 0.5) is 14.5 Å². The van der Waals surface area contributed by atoms with E-state index in [4.69, 9.17) is 6.42 Å². The number of nitrogens with one attached hydrogen (secondary N) is 2. The summed E-state index contributed by atoms with van der Waals surface area (Å²) in [7, 11) is -4.74. The molecule has 6 nitrogen and oxygen atoms in total. The molecule has 0 aliphatic rings. The van der Waals surface area contributed by atoms with Crippen molar-refractivity contribution in [3.05, 3.63) is 59.7 Å². The number of alkyl halides is 2. The normalized spacial score (nSPS) is 10.9. The van der Waals surface area contributed by atoms with Crippen molar-refractivity contribution in [3.63, 3.8) is 0 Å². The van der Waals surface area contributed by atoms with Crippen molar-refractivity contribution < 1.29 is 26.8 Å². The van der Waals surface area contributed by atoms with Crippen LogP contribution >= 0.6 is 0 Å². The predicted molar refractivity (Wildman–Crippen MR) is 95.2 cm³/mol. The molecule has 2 rings (SSSR count). The highest BCUT2D eigenvalue weighted by Crippen LogP contribution is 2.20. The molecule has 9 heteroatoms. The molecule has 27 heavy (non-hydrogen) atoms. The third-order valence-corrected chi connectivity index (χ3v) is 4.85. The van der Waals surface area contributed by atoms with Crippen LogP contribution in [0.1, 0.15) is 20.7 Å². The largest absolute Gasteiger partial charge is 0.341 e. The van der Waals surface area contributed by atoms with Gasteiger partial charge in [0.2, 0.25) is 9.84 Å². The van der Waals surface area contributed by atoms with Crippen molar-refractivity contribution >= 4 is 27.3 Å².